The van der Waals surface area contributed by atoms with E-state index in [2.05, 4.69) is 49.1 Å². The van der Waals surface area contributed by atoms with Gasteiger partial charge in [0.05, 0.1) is 93.2 Å². The second-order valence-electron chi connectivity index (χ2n) is 20.2. The number of hydrogen-bond acceptors (Lipinski definition) is 18. The van der Waals surface area contributed by atoms with Crippen molar-refractivity contribution in [1.29, 1.82) is 0 Å². The van der Waals surface area contributed by atoms with Gasteiger partial charge in [0.2, 0.25) is 17.8 Å². The van der Waals surface area contributed by atoms with Crippen LogP contribution in [0.2, 0.25) is 0 Å². The molecule has 0 bridgehead atoms. The van der Waals surface area contributed by atoms with Crippen LogP contribution in [0.3, 0.4) is 0 Å². The molecule has 19 nitrogen and oxygen atoms in total. The maximum Gasteiger partial charge on any atom is 0.246 e. The summed E-state index contributed by atoms with van der Waals surface area (Å²) in [4.78, 5) is 62.3. The molecule has 1 aliphatic heterocycles. The van der Waals surface area contributed by atoms with E-state index in [1.54, 1.807) is 24.6 Å². The monoisotopic (exact) mass is 1070 g/mol. The van der Waals surface area contributed by atoms with Gasteiger partial charge < -0.3 is 59.7 Å². The summed E-state index contributed by atoms with van der Waals surface area (Å²) in [6.07, 6.45) is 4.17. The van der Waals surface area contributed by atoms with E-state index in [1.165, 1.54) is 0 Å². The van der Waals surface area contributed by atoms with Gasteiger partial charge >= 0.3 is 0 Å². The summed E-state index contributed by atoms with van der Waals surface area (Å²) in [7, 11) is 1.61. The lowest BCUT2D eigenvalue weighted by molar-refractivity contribution is -0.138. The Bertz CT molecular complexity index is 2650. The number of ketones is 1. The van der Waals surface area contributed by atoms with E-state index in [-0.39, 0.29) is 57.5 Å². The Morgan fingerprint density at radius 3 is 2.22 bits per heavy atom. The SMILES string of the molecule is CCC1CN(c2ccc(-c3ccnc(Nc4cc(C)c(OC)c(OCCOCCOCCOCCOCC(=O)N[C@H](C(=O)C5C[C@H](O)C[C@H]5C(=O)NCc5ccc(-c6scnc6C)cc5)C(C)(C)C)c4)n3)cn2)CCN1. The van der Waals surface area contributed by atoms with Crippen LogP contribution < -0.4 is 35.6 Å². The molecule has 410 valence electrons. The number of thiazole rings is 1. The van der Waals surface area contributed by atoms with Crippen LogP contribution >= 0.6 is 11.3 Å². The molecule has 4 heterocycles. The average Bonchev–Trinajstić information content (AvgIpc) is 4.04. The second kappa shape index (κ2) is 28.3. The molecular formula is C56H75N9O10S. The lowest BCUT2D eigenvalue weighted by atomic mass is 9.77. The van der Waals surface area contributed by atoms with E-state index in [9.17, 15) is 19.5 Å². The zero-order valence-corrected chi connectivity index (χ0v) is 45.7. The average molecular weight is 1070 g/mol. The number of carbonyl (C=O) groups excluding carboxylic acids is 3. The third kappa shape index (κ3) is 16.4. The highest BCUT2D eigenvalue weighted by atomic mass is 32.1. The molecule has 2 fully saturated rings. The van der Waals surface area contributed by atoms with Gasteiger partial charge in [0.1, 0.15) is 19.0 Å². The molecule has 1 saturated heterocycles. The van der Waals surface area contributed by atoms with Crippen molar-refractivity contribution in [3.8, 4) is 33.2 Å². The number of aliphatic hydroxyl groups is 1. The second-order valence-corrected chi connectivity index (χ2v) is 21.0. The number of pyridine rings is 1. The first-order chi connectivity index (χ1) is 36.7. The van der Waals surface area contributed by atoms with Gasteiger partial charge in [-0.25, -0.2) is 19.9 Å². The number of anilines is 3. The molecule has 20 heteroatoms. The molecule has 2 amide bonds. The maximum absolute atomic E-state index is 14.0. The molecule has 5 aromatic rings. The number of aliphatic hydroxyl groups excluding tert-OH is 1. The van der Waals surface area contributed by atoms with Crippen LogP contribution in [-0.2, 0) is 39.9 Å². The highest BCUT2D eigenvalue weighted by Gasteiger charge is 2.46. The minimum atomic E-state index is -0.897. The van der Waals surface area contributed by atoms with Crippen LogP contribution in [0.1, 0.15) is 63.8 Å². The quantitative estimate of drug-likeness (QED) is 0.0338. The van der Waals surface area contributed by atoms with Gasteiger partial charge in [0, 0.05) is 67.8 Å². The highest BCUT2D eigenvalue weighted by molar-refractivity contribution is 7.13. The van der Waals surface area contributed by atoms with Crippen LogP contribution in [0.5, 0.6) is 11.5 Å². The summed E-state index contributed by atoms with van der Waals surface area (Å²) < 4.78 is 34.3. The van der Waals surface area contributed by atoms with E-state index in [0.717, 1.165) is 76.1 Å². The maximum atomic E-state index is 14.0. The number of aryl methyl sites for hydroxylation is 2. The fourth-order valence-corrected chi connectivity index (χ4v) is 10.2. The van der Waals surface area contributed by atoms with Crippen molar-refractivity contribution >= 4 is 46.4 Å². The molecule has 76 heavy (non-hydrogen) atoms. The largest absolute Gasteiger partial charge is 0.493 e. The third-order valence-electron chi connectivity index (χ3n) is 13.4. The summed E-state index contributed by atoms with van der Waals surface area (Å²) in [5.41, 5.74) is 7.36. The van der Waals surface area contributed by atoms with Gasteiger partial charge in [0.15, 0.2) is 17.3 Å². The highest BCUT2D eigenvalue weighted by Crippen LogP contribution is 2.38. The van der Waals surface area contributed by atoms with Gasteiger partial charge in [-0.1, -0.05) is 52.0 Å². The number of methoxy groups -OCH3 is 1. The van der Waals surface area contributed by atoms with Gasteiger partial charge in [-0.15, -0.1) is 11.3 Å². The van der Waals surface area contributed by atoms with E-state index < -0.39 is 35.3 Å². The van der Waals surface area contributed by atoms with Gasteiger partial charge in [-0.2, -0.15) is 0 Å². The summed E-state index contributed by atoms with van der Waals surface area (Å²) in [5.74, 6) is 0.0579. The molecule has 2 unspecified atom stereocenters. The first-order valence-electron chi connectivity index (χ1n) is 26.2. The van der Waals surface area contributed by atoms with Crippen LogP contribution in [0.25, 0.3) is 21.7 Å². The van der Waals surface area contributed by atoms with Crippen molar-refractivity contribution in [3.63, 3.8) is 0 Å². The van der Waals surface area contributed by atoms with Crippen LogP contribution in [0.4, 0.5) is 17.5 Å². The van der Waals surface area contributed by atoms with Gasteiger partial charge in [-0.05, 0) is 79.5 Å². The summed E-state index contributed by atoms with van der Waals surface area (Å²) in [6, 6.07) is 17.2. The number of nitrogens with one attached hydrogen (secondary N) is 4. The van der Waals surface area contributed by atoms with Crippen LogP contribution in [0.15, 0.2) is 72.5 Å². The Kier molecular flexibility index (Phi) is 21.4. The fraction of sp³-hybridized carbons (Fsp3) is 0.518. The van der Waals surface area contributed by atoms with Gasteiger partial charge in [0.25, 0.3) is 0 Å². The number of aromatic nitrogens is 4. The number of hydrogen-bond donors (Lipinski definition) is 5. The molecule has 1 saturated carbocycles. The van der Waals surface area contributed by atoms with Gasteiger partial charge in [-0.3, -0.25) is 14.4 Å². The first kappa shape index (κ1) is 57.6. The Hall–Kier alpha value is -6.13. The Labute approximate surface area is 450 Å². The van der Waals surface area contributed by atoms with Crippen molar-refractivity contribution < 1.29 is 47.9 Å². The van der Waals surface area contributed by atoms with Crippen molar-refractivity contribution in [2.24, 2.45) is 17.3 Å². The van der Waals surface area contributed by atoms with Crippen LogP contribution in [0, 0.1) is 31.1 Å². The molecule has 3 aromatic heterocycles. The molecule has 5 atom stereocenters. The third-order valence-corrected chi connectivity index (χ3v) is 14.4. The lowest BCUT2D eigenvalue weighted by Crippen LogP contribution is -2.53. The zero-order chi connectivity index (χ0) is 54.0. The predicted molar refractivity (Wildman–Crippen MR) is 292 cm³/mol. The minimum absolute atomic E-state index is 0.146. The van der Waals surface area contributed by atoms with Crippen molar-refractivity contribution in [1.82, 2.24) is 35.9 Å². The lowest BCUT2D eigenvalue weighted by Gasteiger charge is -2.34. The Morgan fingerprint density at radius 1 is 0.868 bits per heavy atom. The number of ether oxygens (including phenoxy) is 6. The Morgan fingerprint density at radius 2 is 1.57 bits per heavy atom. The number of Topliss-reactive ketones (excluding diaryl/α,β-unsaturated/α-hetero) is 1. The minimum Gasteiger partial charge on any atom is -0.493 e. The molecule has 5 N–H and O–H groups in total. The summed E-state index contributed by atoms with van der Waals surface area (Å²) in [5, 5.41) is 23.3. The smallest absolute Gasteiger partial charge is 0.246 e. The van der Waals surface area contributed by atoms with Crippen LogP contribution in [-0.4, -0.2) is 147 Å². The first-order valence-corrected chi connectivity index (χ1v) is 27.0. The predicted octanol–water partition coefficient (Wildman–Crippen LogP) is 6.47. The number of carbonyl (C=O) groups is 3. The number of benzene rings is 2. The Balaban J connectivity index is 0.746. The number of rotatable bonds is 28. The summed E-state index contributed by atoms with van der Waals surface area (Å²) in [6.45, 7) is 16.9. The molecule has 0 spiro atoms. The van der Waals surface area contributed by atoms with E-state index in [1.807, 2.05) is 94.9 Å². The number of piperazine rings is 1. The molecule has 2 aromatic carbocycles. The van der Waals surface area contributed by atoms with Crippen molar-refractivity contribution in [2.75, 3.05) is 96.4 Å². The molecule has 0 radical (unpaired) electrons. The number of amides is 2. The van der Waals surface area contributed by atoms with E-state index in [4.69, 9.17) is 38.4 Å². The molecule has 7 rings (SSSR count). The molecular weight excluding hydrogens is 991 g/mol. The van der Waals surface area contributed by atoms with E-state index >= 15 is 0 Å². The normalized spacial score (nSPS) is 18.0. The topological polar surface area (TPSA) is 230 Å². The van der Waals surface area contributed by atoms with Crippen molar-refractivity contribution in [3.05, 3.63) is 89.3 Å². The standard InChI is InChI=1S/C56H75N9O10S/c1-8-41-33-65(18-17-57-41)48-14-13-40(32-59-48)46-15-16-58-55(63-46)62-42-27-36(2)51(70-7)47(28-42)75-26-25-73-22-21-71-19-20-72-23-24-74-34-49(67)64-53(56(4,5)6)50(68)44-29-43(66)30-45(44)54(69)60-31-38-9-11-39(12-10-38)52-37(3)61-35-76-52/h9-16,27-28,32,35,41,43-45,53,57,66H,8,17-26,29-31,33-34H2,1-7H3,(H,60,69)(H,64,67)(H,58,62,63)/t41?,43-,44?,45+,53+/m0/s1. The molecule has 1 aliphatic carbocycles. The zero-order valence-electron chi connectivity index (χ0n) is 44.9. The van der Waals surface area contributed by atoms with E-state index in [0.29, 0.717) is 56.5 Å². The number of nitrogens with zero attached hydrogens (tertiary/aromatic N) is 5. The molecule has 2 aliphatic rings. The fourth-order valence-electron chi connectivity index (χ4n) is 9.38. The van der Waals surface area contributed by atoms with Crippen molar-refractivity contribution in [2.45, 2.75) is 85.5 Å². The summed E-state index contributed by atoms with van der Waals surface area (Å²) >= 11 is 1.58.